The Kier molecular flexibility index (Phi) is 7.94. The maximum absolute atomic E-state index is 12.4. The van der Waals surface area contributed by atoms with E-state index < -0.39 is 0 Å². The number of aryl methyl sites for hydroxylation is 1. The summed E-state index contributed by atoms with van der Waals surface area (Å²) in [7, 11) is 0. The molecule has 0 atom stereocenters. The Bertz CT molecular complexity index is 882. The molecular formula is C22H25Cl2N3O3. The van der Waals surface area contributed by atoms with E-state index in [1.54, 1.807) is 30.5 Å². The number of benzene rings is 1. The molecule has 0 spiro atoms. The summed E-state index contributed by atoms with van der Waals surface area (Å²) < 4.78 is 5.62. The van der Waals surface area contributed by atoms with Crippen LogP contribution in [-0.2, 0) is 9.59 Å². The molecule has 2 amide bonds. The van der Waals surface area contributed by atoms with Crippen molar-refractivity contribution in [1.82, 2.24) is 9.88 Å². The van der Waals surface area contributed by atoms with Crippen LogP contribution in [0.4, 0.5) is 5.82 Å². The van der Waals surface area contributed by atoms with E-state index in [9.17, 15) is 9.59 Å². The van der Waals surface area contributed by atoms with Crippen LogP contribution in [0, 0.1) is 12.8 Å². The number of hydrogen-bond acceptors (Lipinski definition) is 4. The van der Waals surface area contributed by atoms with Crippen LogP contribution in [0.5, 0.6) is 5.75 Å². The summed E-state index contributed by atoms with van der Waals surface area (Å²) in [5.41, 5.74) is 1.04. The molecule has 1 fully saturated rings. The predicted octanol–water partition coefficient (Wildman–Crippen LogP) is 4.73. The first kappa shape index (κ1) is 22.4. The first-order chi connectivity index (χ1) is 14.4. The van der Waals surface area contributed by atoms with Gasteiger partial charge in [-0.25, -0.2) is 4.98 Å². The zero-order chi connectivity index (χ0) is 21.5. The zero-order valence-corrected chi connectivity index (χ0v) is 18.4. The number of pyridine rings is 1. The second kappa shape index (κ2) is 10.6. The summed E-state index contributed by atoms with van der Waals surface area (Å²) in [6.45, 7) is 3.50. The molecule has 1 aromatic heterocycles. The Balaban J connectivity index is 1.37. The van der Waals surface area contributed by atoms with Gasteiger partial charge in [-0.1, -0.05) is 35.3 Å². The lowest BCUT2D eigenvalue weighted by Crippen LogP contribution is -2.41. The van der Waals surface area contributed by atoms with Crippen LogP contribution in [-0.4, -0.2) is 41.4 Å². The lowest BCUT2D eigenvalue weighted by Gasteiger charge is -2.31. The molecule has 1 aliphatic rings. The average molecular weight is 450 g/mol. The third kappa shape index (κ3) is 6.09. The highest BCUT2D eigenvalue weighted by Crippen LogP contribution is 2.31. The largest absolute Gasteiger partial charge is 0.492 e. The van der Waals surface area contributed by atoms with Crippen molar-refractivity contribution in [2.75, 3.05) is 25.0 Å². The Labute approximate surface area is 186 Å². The molecule has 3 rings (SSSR count). The second-order valence-corrected chi connectivity index (χ2v) is 8.15. The van der Waals surface area contributed by atoms with Gasteiger partial charge in [-0.15, -0.1) is 0 Å². The number of carbonyl (C=O) groups is 2. The topological polar surface area (TPSA) is 71.5 Å². The van der Waals surface area contributed by atoms with E-state index in [1.807, 2.05) is 17.9 Å². The van der Waals surface area contributed by atoms with Crippen LogP contribution >= 0.6 is 23.2 Å². The van der Waals surface area contributed by atoms with Gasteiger partial charge in [0, 0.05) is 31.6 Å². The van der Waals surface area contributed by atoms with Gasteiger partial charge in [0.1, 0.15) is 16.6 Å². The van der Waals surface area contributed by atoms with Crippen molar-refractivity contribution >= 4 is 40.8 Å². The summed E-state index contributed by atoms with van der Waals surface area (Å²) in [6, 6.07) is 8.92. The minimum atomic E-state index is -0.106. The van der Waals surface area contributed by atoms with E-state index >= 15 is 0 Å². The van der Waals surface area contributed by atoms with E-state index in [0.717, 1.165) is 5.56 Å². The van der Waals surface area contributed by atoms with Crippen molar-refractivity contribution in [2.24, 2.45) is 5.92 Å². The summed E-state index contributed by atoms with van der Waals surface area (Å²) in [6.07, 6.45) is 4.00. The molecule has 30 heavy (non-hydrogen) atoms. The standard InChI is InChI=1S/C22H25Cl2N3O3/c1-15-7-8-19(25-14-15)26-22(29)16-9-11-27(12-10-16)20(28)6-3-13-30-18-5-2-4-17(23)21(18)24/h2,4-5,7-8,14,16H,3,6,9-13H2,1H3,(H,25,26,29). The average Bonchev–Trinajstić information content (AvgIpc) is 2.75. The van der Waals surface area contributed by atoms with Crippen LogP contribution < -0.4 is 10.1 Å². The lowest BCUT2D eigenvalue weighted by molar-refractivity contribution is -0.134. The number of nitrogens with one attached hydrogen (secondary N) is 1. The van der Waals surface area contributed by atoms with E-state index in [0.29, 0.717) is 67.0 Å². The van der Waals surface area contributed by atoms with Crippen LogP contribution in [0.3, 0.4) is 0 Å². The molecule has 0 aliphatic carbocycles. The fraction of sp³-hybridized carbons (Fsp3) is 0.409. The van der Waals surface area contributed by atoms with E-state index in [4.69, 9.17) is 27.9 Å². The summed E-state index contributed by atoms with van der Waals surface area (Å²) >= 11 is 12.0. The van der Waals surface area contributed by atoms with Gasteiger partial charge >= 0.3 is 0 Å². The van der Waals surface area contributed by atoms with Gasteiger partial charge < -0.3 is 15.0 Å². The summed E-state index contributed by atoms with van der Waals surface area (Å²) in [4.78, 5) is 30.9. The van der Waals surface area contributed by atoms with Crippen molar-refractivity contribution < 1.29 is 14.3 Å². The Morgan fingerprint density at radius 2 is 1.97 bits per heavy atom. The minimum absolute atomic E-state index is 0.0368. The molecule has 0 bridgehead atoms. The Morgan fingerprint density at radius 1 is 1.20 bits per heavy atom. The number of hydrogen-bond donors (Lipinski definition) is 1. The lowest BCUT2D eigenvalue weighted by atomic mass is 9.95. The molecule has 1 aliphatic heterocycles. The number of aromatic nitrogens is 1. The van der Waals surface area contributed by atoms with Gasteiger partial charge in [0.15, 0.2) is 0 Å². The number of piperidine rings is 1. The summed E-state index contributed by atoms with van der Waals surface area (Å²) in [5, 5.41) is 3.68. The monoisotopic (exact) mass is 449 g/mol. The van der Waals surface area contributed by atoms with Crippen LogP contribution in [0.15, 0.2) is 36.5 Å². The normalized spacial score (nSPS) is 14.4. The fourth-order valence-electron chi connectivity index (χ4n) is 3.32. The molecule has 160 valence electrons. The molecule has 0 saturated carbocycles. The fourth-order valence-corrected chi connectivity index (χ4v) is 3.67. The van der Waals surface area contributed by atoms with Crippen LogP contribution in [0.25, 0.3) is 0 Å². The van der Waals surface area contributed by atoms with Crippen molar-refractivity contribution in [3.8, 4) is 5.75 Å². The van der Waals surface area contributed by atoms with E-state index in [-0.39, 0.29) is 17.7 Å². The maximum atomic E-state index is 12.4. The molecule has 2 aromatic rings. The molecule has 2 heterocycles. The van der Waals surface area contributed by atoms with Crippen LogP contribution in [0.1, 0.15) is 31.2 Å². The third-order valence-corrected chi connectivity index (χ3v) is 5.89. The van der Waals surface area contributed by atoms with Crippen molar-refractivity contribution in [3.63, 3.8) is 0 Å². The van der Waals surface area contributed by atoms with Gasteiger partial charge in [0.2, 0.25) is 11.8 Å². The van der Waals surface area contributed by atoms with Gasteiger partial charge in [-0.05, 0) is 49.9 Å². The summed E-state index contributed by atoms with van der Waals surface area (Å²) in [5.74, 6) is 1.01. The van der Waals surface area contributed by atoms with Gasteiger partial charge in [-0.3, -0.25) is 9.59 Å². The number of halogens is 2. The smallest absolute Gasteiger partial charge is 0.228 e. The van der Waals surface area contributed by atoms with E-state index in [1.165, 1.54) is 0 Å². The third-order valence-electron chi connectivity index (χ3n) is 5.09. The molecule has 0 unspecified atom stereocenters. The van der Waals surface area contributed by atoms with Gasteiger partial charge in [0.25, 0.3) is 0 Å². The highest BCUT2D eigenvalue weighted by atomic mass is 35.5. The predicted molar refractivity (Wildman–Crippen MR) is 118 cm³/mol. The molecule has 1 aromatic carbocycles. The minimum Gasteiger partial charge on any atom is -0.492 e. The number of carbonyl (C=O) groups excluding carboxylic acids is 2. The first-order valence-electron chi connectivity index (χ1n) is 10.0. The van der Waals surface area contributed by atoms with E-state index in [2.05, 4.69) is 10.3 Å². The van der Waals surface area contributed by atoms with Crippen molar-refractivity contribution in [2.45, 2.75) is 32.6 Å². The zero-order valence-electron chi connectivity index (χ0n) is 16.9. The molecule has 8 heteroatoms. The van der Waals surface area contributed by atoms with Gasteiger partial charge in [-0.2, -0.15) is 0 Å². The molecule has 6 nitrogen and oxygen atoms in total. The first-order valence-corrected chi connectivity index (χ1v) is 10.8. The van der Waals surface area contributed by atoms with Crippen LogP contribution in [0.2, 0.25) is 10.0 Å². The molecule has 0 radical (unpaired) electrons. The quantitative estimate of drug-likeness (QED) is 0.619. The highest BCUT2D eigenvalue weighted by Gasteiger charge is 2.27. The number of rotatable bonds is 7. The number of ether oxygens (including phenoxy) is 1. The molecule has 1 saturated heterocycles. The van der Waals surface area contributed by atoms with Gasteiger partial charge in [0.05, 0.1) is 11.6 Å². The Hall–Kier alpha value is -2.31. The maximum Gasteiger partial charge on any atom is 0.228 e. The number of anilines is 1. The van der Waals surface area contributed by atoms with Crippen molar-refractivity contribution in [1.29, 1.82) is 0 Å². The van der Waals surface area contributed by atoms with Crippen molar-refractivity contribution in [3.05, 3.63) is 52.1 Å². The SMILES string of the molecule is Cc1ccc(NC(=O)C2CCN(C(=O)CCCOc3cccc(Cl)c3Cl)CC2)nc1. The Morgan fingerprint density at radius 3 is 2.67 bits per heavy atom. The number of nitrogens with zero attached hydrogens (tertiary/aromatic N) is 2. The molecular weight excluding hydrogens is 425 g/mol. The second-order valence-electron chi connectivity index (χ2n) is 7.37. The molecule has 1 N–H and O–H groups in total. The number of amides is 2. The highest BCUT2D eigenvalue weighted by molar-refractivity contribution is 6.42. The number of likely N-dealkylation sites (tertiary alicyclic amines) is 1.